The number of anilines is 2. The van der Waals surface area contributed by atoms with E-state index in [9.17, 15) is 4.79 Å². The van der Waals surface area contributed by atoms with Crippen LogP contribution in [0.4, 0.5) is 16.4 Å². The van der Waals surface area contributed by atoms with Crippen molar-refractivity contribution in [2.24, 2.45) is 5.92 Å². The average molecular weight is 486 g/mol. The van der Waals surface area contributed by atoms with Crippen molar-refractivity contribution in [3.05, 3.63) is 66.2 Å². The summed E-state index contributed by atoms with van der Waals surface area (Å²) in [5.74, 6) is 0.980. The van der Waals surface area contributed by atoms with Crippen LogP contribution in [0, 0.1) is 5.92 Å². The minimum Gasteiger partial charge on any atom is -0.443 e. The Hall–Kier alpha value is -3.58. The lowest BCUT2D eigenvalue weighted by Crippen LogP contribution is -2.35. The van der Waals surface area contributed by atoms with Crippen LogP contribution in [0.1, 0.15) is 39.2 Å². The van der Waals surface area contributed by atoms with E-state index in [1.165, 1.54) is 20.9 Å². The number of nitrogens with one attached hydrogen (secondary N) is 1. The number of benzene rings is 3. The first kappa shape index (κ1) is 24.1. The number of nitrogens with zero attached hydrogens (tertiary/aromatic N) is 3. The lowest BCUT2D eigenvalue weighted by atomic mass is 9.96. The van der Waals surface area contributed by atoms with Crippen molar-refractivity contribution in [2.75, 3.05) is 30.7 Å². The van der Waals surface area contributed by atoms with Gasteiger partial charge in [0.1, 0.15) is 11.1 Å². The number of piperidine rings is 1. The summed E-state index contributed by atoms with van der Waals surface area (Å²) in [6.45, 7) is 9.38. The number of imidazole rings is 1. The molecular formula is C29H35N5O2. The van der Waals surface area contributed by atoms with Gasteiger partial charge in [0.25, 0.3) is 0 Å². The van der Waals surface area contributed by atoms with E-state index in [0.717, 1.165) is 39.0 Å². The van der Waals surface area contributed by atoms with E-state index >= 15 is 0 Å². The summed E-state index contributed by atoms with van der Waals surface area (Å²) in [6.07, 6.45) is 1.72. The maximum absolute atomic E-state index is 13.0. The summed E-state index contributed by atoms with van der Waals surface area (Å²) >= 11 is 0. The molecule has 1 saturated heterocycles. The number of carbonyl (C=O) groups is 1. The number of fused-ring (bicyclic) bond motifs is 2. The van der Waals surface area contributed by atoms with Crippen molar-refractivity contribution in [3.8, 4) is 0 Å². The molecule has 36 heavy (non-hydrogen) atoms. The second-order valence-electron chi connectivity index (χ2n) is 10.7. The number of nitrogens with two attached hydrogens (primary N) is 1. The molecule has 0 radical (unpaired) electrons. The summed E-state index contributed by atoms with van der Waals surface area (Å²) < 4.78 is 7.17. The lowest BCUT2D eigenvalue weighted by molar-refractivity contribution is 0.0547. The average Bonchev–Trinajstić information content (AvgIpc) is 3.23. The summed E-state index contributed by atoms with van der Waals surface area (Å²) in [7, 11) is 0. The zero-order valence-corrected chi connectivity index (χ0v) is 21.3. The highest BCUT2D eigenvalue weighted by atomic mass is 16.6. The lowest BCUT2D eigenvalue weighted by Gasteiger charge is -2.32. The van der Waals surface area contributed by atoms with Gasteiger partial charge in [0.05, 0.1) is 11.2 Å². The first-order valence-corrected chi connectivity index (χ1v) is 12.7. The number of carbonyl (C=O) groups excluding carboxylic acids is 1. The molecule has 5 rings (SSSR count). The fourth-order valence-corrected chi connectivity index (χ4v) is 4.99. The van der Waals surface area contributed by atoms with Crippen LogP contribution in [0.5, 0.6) is 0 Å². The summed E-state index contributed by atoms with van der Waals surface area (Å²) in [5.41, 5.74) is 8.73. The second kappa shape index (κ2) is 9.82. The number of para-hydroxylation sites is 1. The SMILES string of the molecule is CC(C)(C)OC(=O)n1c(NCC2CCN(Cc3cccc4ccccc34)CC2)nc2c(N)cccc21. The molecule has 1 aliphatic rings. The van der Waals surface area contributed by atoms with Crippen molar-refractivity contribution in [3.63, 3.8) is 0 Å². The van der Waals surface area contributed by atoms with Gasteiger partial charge in [-0.05, 0) is 81.1 Å². The quantitative estimate of drug-likeness (QED) is 0.344. The molecule has 1 aromatic heterocycles. The number of ether oxygens (including phenoxy) is 1. The molecule has 7 heteroatoms. The number of hydrogen-bond donors (Lipinski definition) is 2. The molecule has 0 saturated carbocycles. The monoisotopic (exact) mass is 485 g/mol. The predicted octanol–water partition coefficient (Wildman–Crippen LogP) is 5.88. The van der Waals surface area contributed by atoms with E-state index in [4.69, 9.17) is 10.5 Å². The van der Waals surface area contributed by atoms with Gasteiger partial charge in [-0.1, -0.05) is 48.5 Å². The highest BCUT2D eigenvalue weighted by Gasteiger charge is 2.25. The molecule has 3 N–H and O–H groups in total. The fourth-order valence-electron chi connectivity index (χ4n) is 4.99. The van der Waals surface area contributed by atoms with Crippen LogP contribution in [0.15, 0.2) is 60.7 Å². The van der Waals surface area contributed by atoms with E-state index < -0.39 is 11.7 Å². The fraction of sp³-hybridized carbons (Fsp3) is 0.379. The molecular weight excluding hydrogens is 450 g/mol. The molecule has 3 aromatic carbocycles. The second-order valence-corrected chi connectivity index (χ2v) is 10.7. The van der Waals surface area contributed by atoms with Gasteiger partial charge in [-0.25, -0.2) is 14.3 Å². The maximum atomic E-state index is 13.0. The molecule has 188 valence electrons. The summed E-state index contributed by atoms with van der Waals surface area (Å²) in [6, 6.07) is 20.6. The largest absolute Gasteiger partial charge is 0.443 e. The molecule has 1 fully saturated rings. The van der Waals surface area contributed by atoms with Crippen LogP contribution in [0.3, 0.4) is 0 Å². The van der Waals surface area contributed by atoms with Crippen molar-refractivity contribution >= 4 is 39.5 Å². The number of hydrogen-bond acceptors (Lipinski definition) is 6. The Morgan fingerprint density at radius 1 is 1.06 bits per heavy atom. The van der Waals surface area contributed by atoms with Crippen LogP contribution >= 0.6 is 0 Å². The van der Waals surface area contributed by atoms with Crippen LogP contribution in [-0.4, -0.2) is 45.8 Å². The van der Waals surface area contributed by atoms with Gasteiger partial charge in [-0.3, -0.25) is 4.90 Å². The smallest absolute Gasteiger partial charge is 0.421 e. The molecule has 0 unspecified atom stereocenters. The molecule has 7 nitrogen and oxygen atoms in total. The number of rotatable bonds is 5. The van der Waals surface area contributed by atoms with E-state index in [-0.39, 0.29) is 0 Å². The zero-order chi connectivity index (χ0) is 25.3. The van der Waals surface area contributed by atoms with Crippen molar-refractivity contribution in [1.82, 2.24) is 14.5 Å². The molecule has 0 atom stereocenters. The Balaban J connectivity index is 1.25. The van der Waals surface area contributed by atoms with Crippen LogP contribution in [0.25, 0.3) is 21.8 Å². The normalized spacial score (nSPS) is 15.4. The van der Waals surface area contributed by atoms with Gasteiger partial charge in [-0.15, -0.1) is 0 Å². The highest BCUT2D eigenvalue weighted by molar-refractivity contribution is 5.96. The molecule has 1 aliphatic heterocycles. The number of nitrogen functional groups attached to an aromatic ring is 1. The molecule has 0 aliphatic carbocycles. The minimum absolute atomic E-state index is 0.456. The van der Waals surface area contributed by atoms with Gasteiger partial charge in [0.15, 0.2) is 0 Å². The van der Waals surface area contributed by atoms with Crippen molar-refractivity contribution in [1.29, 1.82) is 0 Å². The van der Waals surface area contributed by atoms with Gasteiger partial charge >= 0.3 is 6.09 Å². The highest BCUT2D eigenvalue weighted by Crippen LogP contribution is 2.28. The first-order valence-electron chi connectivity index (χ1n) is 12.7. The van der Waals surface area contributed by atoms with Crippen LogP contribution < -0.4 is 11.1 Å². The Kier molecular flexibility index (Phi) is 6.58. The standard InChI is InChI=1S/C29H35N5O2/c1-29(2,3)36-28(35)34-25-13-7-12-24(30)26(25)32-27(34)31-18-20-14-16-33(17-15-20)19-22-10-6-9-21-8-4-5-11-23(21)22/h4-13,20H,14-19,30H2,1-3H3,(H,31,32). The first-order chi connectivity index (χ1) is 17.3. The molecule has 0 spiro atoms. The van der Waals surface area contributed by atoms with Crippen LogP contribution in [-0.2, 0) is 11.3 Å². The zero-order valence-electron chi connectivity index (χ0n) is 21.3. The van der Waals surface area contributed by atoms with Gasteiger partial charge in [-0.2, -0.15) is 0 Å². The summed E-state index contributed by atoms with van der Waals surface area (Å²) in [4.78, 5) is 20.2. The van der Waals surface area contributed by atoms with Gasteiger partial charge < -0.3 is 15.8 Å². The number of aromatic nitrogens is 2. The van der Waals surface area contributed by atoms with E-state index in [1.807, 2.05) is 32.9 Å². The van der Waals surface area contributed by atoms with Crippen molar-refractivity contribution < 1.29 is 9.53 Å². The Labute approximate surface area is 212 Å². The van der Waals surface area contributed by atoms with Gasteiger partial charge in [0.2, 0.25) is 5.95 Å². The van der Waals surface area contributed by atoms with E-state index in [0.29, 0.717) is 28.6 Å². The molecule has 0 amide bonds. The third-order valence-corrected chi connectivity index (χ3v) is 6.82. The van der Waals surface area contributed by atoms with Crippen LogP contribution in [0.2, 0.25) is 0 Å². The minimum atomic E-state index is -0.609. The summed E-state index contributed by atoms with van der Waals surface area (Å²) in [5, 5.41) is 6.06. The molecule has 4 aromatic rings. The molecule has 0 bridgehead atoms. The molecule has 2 heterocycles. The third kappa shape index (κ3) is 5.16. The Morgan fingerprint density at radius 2 is 1.78 bits per heavy atom. The Morgan fingerprint density at radius 3 is 2.56 bits per heavy atom. The third-order valence-electron chi connectivity index (χ3n) is 6.82. The predicted molar refractivity (Wildman–Crippen MR) is 146 cm³/mol. The Bertz CT molecular complexity index is 1370. The topological polar surface area (TPSA) is 85.4 Å². The maximum Gasteiger partial charge on any atom is 0.421 e. The van der Waals surface area contributed by atoms with E-state index in [2.05, 4.69) is 57.7 Å². The van der Waals surface area contributed by atoms with Gasteiger partial charge in [0, 0.05) is 13.1 Å². The van der Waals surface area contributed by atoms with Crippen molar-refractivity contribution in [2.45, 2.75) is 45.8 Å². The van der Waals surface area contributed by atoms with E-state index in [1.54, 1.807) is 6.07 Å². The number of likely N-dealkylation sites (tertiary alicyclic amines) is 1.